The van der Waals surface area contributed by atoms with Crippen LogP contribution in [-0.4, -0.2) is 19.3 Å². The molecule has 1 aromatic heterocycles. The third-order valence-electron chi connectivity index (χ3n) is 5.73. The van der Waals surface area contributed by atoms with Gasteiger partial charge in [-0.25, -0.2) is 0 Å². The molecule has 4 heterocycles. The topological polar surface area (TPSA) is 84.9 Å². The first kappa shape index (κ1) is 16.1. The third kappa shape index (κ3) is 2.03. The van der Waals surface area contributed by atoms with Gasteiger partial charge in [0.1, 0.15) is 29.6 Å². The minimum absolute atomic E-state index is 0.0915. The van der Waals surface area contributed by atoms with E-state index < -0.39 is 5.41 Å². The second-order valence-corrected chi connectivity index (χ2v) is 7.18. The van der Waals surface area contributed by atoms with Crippen molar-refractivity contribution >= 4 is 11.6 Å². The Hall–Kier alpha value is -3.92. The average Bonchev–Trinajstić information content (AvgIpc) is 3.51. The van der Waals surface area contributed by atoms with E-state index in [2.05, 4.69) is 0 Å². The van der Waals surface area contributed by atoms with Gasteiger partial charge in [-0.15, -0.1) is 0 Å². The van der Waals surface area contributed by atoms with Crippen LogP contribution in [0.1, 0.15) is 22.6 Å². The van der Waals surface area contributed by atoms with Crippen molar-refractivity contribution in [3.8, 4) is 23.3 Å². The van der Waals surface area contributed by atoms with Gasteiger partial charge >= 0.3 is 0 Å². The summed E-state index contributed by atoms with van der Waals surface area (Å²) in [5.74, 6) is 2.54. The summed E-state index contributed by atoms with van der Waals surface area (Å²) >= 11 is 0. The molecule has 6 rings (SSSR count). The number of hydrogen-bond acceptors (Lipinski definition) is 6. The Balaban J connectivity index is 1.49. The fraction of sp³-hybridized carbons (Fsp3) is 0.182. The number of benzene rings is 2. The minimum atomic E-state index is -0.947. The number of ether oxygens (including phenoxy) is 3. The van der Waals surface area contributed by atoms with E-state index in [1.54, 1.807) is 23.1 Å². The number of rotatable bonds is 2. The number of nitrogens with zero attached hydrogens (tertiary/aromatic N) is 2. The zero-order valence-electron chi connectivity index (χ0n) is 15.2. The lowest BCUT2D eigenvalue weighted by atomic mass is 9.77. The number of furan rings is 1. The average molecular weight is 386 g/mol. The van der Waals surface area contributed by atoms with Crippen LogP contribution in [0.2, 0.25) is 0 Å². The van der Waals surface area contributed by atoms with Crippen LogP contribution < -0.4 is 19.1 Å². The second kappa shape index (κ2) is 5.55. The van der Waals surface area contributed by atoms with Crippen molar-refractivity contribution in [3.05, 3.63) is 71.2 Å². The second-order valence-electron chi connectivity index (χ2n) is 7.18. The molecular formula is C22H14N2O5. The van der Waals surface area contributed by atoms with Gasteiger partial charge in [-0.05, 0) is 29.8 Å². The quantitative estimate of drug-likeness (QED) is 0.673. The molecule has 3 aromatic rings. The van der Waals surface area contributed by atoms with Crippen molar-refractivity contribution in [3.63, 3.8) is 0 Å². The molecular weight excluding hydrogens is 372 g/mol. The summed E-state index contributed by atoms with van der Waals surface area (Å²) in [7, 11) is 0. The van der Waals surface area contributed by atoms with Crippen LogP contribution in [0.4, 0.5) is 5.69 Å². The third-order valence-corrected chi connectivity index (χ3v) is 5.73. The maximum Gasteiger partial charge on any atom is 0.246 e. The number of carbonyl (C=O) groups excluding carboxylic acids is 1. The molecule has 0 radical (unpaired) electrons. The van der Waals surface area contributed by atoms with Gasteiger partial charge in [-0.1, -0.05) is 18.2 Å². The number of carbonyl (C=O) groups is 1. The first-order valence-electron chi connectivity index (χ1n) is 9.18. The molecule has 29 heavy (non-hydrogen) atoms. The molecule has 142 valence electrons. The van der Waals surface area contributed by atoms with E-state index in [1.165, 1.54) is 0 Å². The van der Waals surface area contributed by atoms with Gasteiger partial charge in [0.25, 0.3) is 0 Å². The first-order valence-corrected chi connectivity index (χ1v) is 9.18. The zero-order valence-corrected chi connectivity index (χ0v) is 15.2. The zero-order chi connectivity index (χ0) is 19.6. The van der Waals surface area contributed by atoms with Crippen LogP contribution in [-0.2, 0) is 16.8 Å². The number of para-hydroxylation sites is 1. The molecule has 7 nitrogen and oxygen atoms in total. The maximum atomic E-state index is 13.8. The molecule has 0 N–H and O–H groups in total. The molecule has 0 aliphatic carbocycles. The fourth-order valence-electron chi connectivity index (χ4n) is 4.40. The molecule has 1 spiro atoms. The molecule has 0 saturated carbocycles. The highest BCUT2D eigenvalue weighted by Crippen LogP contribution is 2.55. The molecule has 3 aliphatic heterocycles. The molecule has 0 bridgehead atoms. The van der Waals surface area contributed by atoms with Crippen molar-refractivity contribution in [2.45, 2.75) is 12.0 Å². The van der Waals surface area contributed by atoms with Crippen molar-refractivity contribution < 1.29 is 23.4 Å². The predicted molar refractivity (Wildman–Crippen MR) is 99.9 cm³/mol. The summed E-state index contributed by atoms with van der Waals surface area (Å²) in [5.41, 5.74) is 1.52. The van der Waals surface area contributed by atoms with Gasteiger partial charge in [0.2, 0.25) is 18.5 Å². The molecule has 1 atom stereocenters. The van der Waals surface area contributed by atoms with Gasteiger partial charge in [-0.2, -0.15) is 5.26 Å². The van der Waals surface area contributed by atoms with Gasteiger partial charge in [-0.3, -0.25) is 4.79 Å². The summed E-state index contributed by atoms with van der Waals surface area (Å²) < 4.78 is 22.5. The van der Waals surface area contributed by atoms with E-state index in [1.807, 2.05) is 36.4 Å². The highest BCUT2D eigenvalue weighted by Gasteiger charge is 2.57. The summed E-state index contributed by atoms with van der Waals surface area (Å²) in [6.45, 7) is 0.597. The highest BCUT2D eigenvalue weighted by molar-refractivity contribution is 6.11. The van der Waals surface area contributed by atoms with Crippen LogP contribution in [0.3, 0.4) is 0 Å². The molecule has 2 aromatic carbocycles. The van der Waals surface area contributed by atoms with Gasteiger partial charge < -0.3 is 23.5 Å². The molecule has 0 saturated heterocycles. The SMILES string of the molecule is N#Cc1ccc(CN2C(=O)C3(COc4cc5c(cc43)OCO5)c3ccccc32)o1. The molecule has 3 aliphatic rings. The summed E-state index contributed by atoms with van der Waals surface area (Å²) in [5, 5.41) is 9.01. The van der Waals surface area contributed by atoms with E-state index >= 15 is 0 Å². The van der Waals surface area contributed by atoms with Gasteiger partial charge in [0, 0.05) is 17.3 Å². The first-order chi connectivity index (χ1) is 14.2. The summed E-state index contributed by atoms with van der Waals surface area (Å²) in [6, 6.07) is 16.6. The largest absolute Gasteiger partial charge is 0.491 e. The van der Waals surface area contributed by atoms with E-state index in [4.69, 9.17) is 23.9 Å². The maximum absolute atomic E-state index is 13.8. The highest BCUT2D eigenvalue weighted by atomic mass is 16.7. The Morgan fingerprint density at radius 3 is 2.66 bits per heavy atom. The predicted octanol–water partition coefficient (Wildman–Crippen LogP) is 3.11. The minimum Gasteiger partial charge on any atom is -0.491 e. The van der Waals surface area contributed by atoms with Crippen molar-refractivity contribution in [2.75, 3.05) is 18.3 Å². The normalized spacial score (nSPS) is 20.5. The Morgan fingerprint density at radius 2 is 1.83 bits per heavy atom. The smallest absolute Gasteiger partial charge is 0.246 e. The van der Waals surface area contributed by atoms with Crippen LogP contribution in [0.15, 0.2) is 52.9 Å². The van der Waals surface area contributed by atoms with E-state index in [9.17, 15) is 4.79 Å². The van der Waals surface area contributed by atoms with Crippen LogP contribution in [0, 0.1) is 11.3 Å². The lowest BCUT2D eigenvalue weighted by Crippen LogP contribution is -2.42. The van der Waals surface area contributed by atoms with Gasteiger partial charge in [0.15, 0.2) is 11.5 Å². The molecule has 1 amide bonds. The Bertz CT molecular complexity index is 1220. The number of fused-ring (bicyclic) bond motifs is 5. The monoisotopic (exact) mass is 386 g/mol. The van der Waals surface area contributed by atoms with Crippen LogP contribution >= 0.6 is 0 Å². The van der Waals surface area contributed by atoms with Gasteiger partial charge in [0.05, 0.1) is 6.54 Å². The van der Waals surface area contributed by atoms with Crippen LogP contribution in [0.5, 0.6) is 17.2 Å². The van der Waals surface area contributed by atoms with E-state index in [0.29, 0.717) is 23.0 Å². The lowest BCUT2D eigenvalue weighted by Gasteiger charge is -2.22. The van der Waals surface area contributed by atoms with Crippen LogP contribution in [0.25, 0.3) is 0 Å². The standard InChI is InChI=1S/C22H14N2O5/c23-9-13-5-6-14(29-13)10-24-17-4-2-1-3-15(17)22(21(24)25)11-26-18-8-20-19(7-16(18)22)27-12-28-20/h1-8H,10-12H2. The number of anilines is 1. The number of amides is 1. The molecule has 1 unspecified atom stereocenters. The summed E-state index contributed by atoms with van der Waals surface area (Å²) in [6.07, 6.45) is 0. The number of hydrogen-bond donors (Lipinski definition) is 0. The van der Waals surface area contributed by atoms with Crippen molar-refractivity contribution in [2.24, 2.45) is 0 Å². The van der Waals surface area contributed by atoms with Crippen molar-refractivity contribution in [1.82, 2.24) is 0 Å². The lowest BCUT2D eigenvalue weighted by molar-refractivity contribution is -0.122. The molecule has 0 fully saturated rings. The van der Waals surface area contributed by atoms with Crippen molar-refractivity contribution in [1.29, 1.82) is 5.26 Å². The Labute approximate surface area is 165 Å². The Morgan fingerprint density at radius 1 is 1.00 bits per heavy atom. The van der Waals surface area contributed by atoms with E-state index in [-0.39, 0.29) is 31.6 Å². The summed E-state index contributed by atoms with van der Waals surface area (Å²) in [4.78, 5) is 15.5. The Kier molecular flexibility index (Phi) is 3.08. The molecule has 7 heteroatoms. The van der Waals surface area contributed by atoms with E-state index in [0.717, 1.165) is 16.8 Å². The fourth-order valence-corrected chi connectivity index (χ4v) is 4.40. The number of nitriles is 1.